The van der Waals surface area contributed by atoms with E-state index in [-0.39, 0.29) is 0 Å². The zero-order valence-electron chi connectivity index (χ0n) is 10.2. The number of benzene rings is 1. The minimum atomic E-state index is -0.925. The lowest BCUT2D eigenvalue weighted by molar-refractivity contribution is -0.138. The lowest BCUT2D eigenvalue weighted by Crippen LogP contribution is -2.20. The van der Waals surface area contributed by atoms with Crippen LogP contribution in [0.1, 0.15) is 22.3 Å². The van der Waals surface area contributed by atoms with Gasteiger partial charge < -0.3 is 10.4 Å². The van der Waals surface area contributed by atoms with Crippen LogP contribution in [0.3, 0.4) is 0 Å². The Morgan fingerprint density at radius 3 is 2.78 bits per heavy atom. The summed E-state index contributed by atoms with van der Waals surface area (Å²) in [5.41, 5.74) is 2.71. The Morgan fingerprint density at radius 1 is 1.44 bits per heavy atom. The molecule has 0 amide bonds. The van der Waals surface area contributed by atoms with Gasteiger partial charge in [0.1, 0.15) is 5.01 Å². The molecule has 0 aliphatic rings. The van der Waals surface area contributed by atoms with Crippen molar-refractivity contribution in [1.82, 2.24) is 4.98 Å². The molecule has 1 heterocycles. The van der Waals surface area contributed by atoms with Gasteiger partial charge >= 0.3 is 5.97 Å². The quantitative estimate of drug-likeness (QED) is 0.889. The largest absolute Gasteiger partial charge is 0.479 e. The fraction of sp³-hybridized carbons (Fsp3) is 0.231. The average Bonchev–Trinajstić information content (AvgIpc) is 2.72. The Hall–Kier alpha value is -1.88. The Morgan fingerprint density at radius 2 is 2.22 bits per heavy atom. The molecule has 0 fully saturated rings. The van der Waals surface area contributed by atoms with Gasteiger partial charge in [-0.1, -0.05) is 12.1 Å². The fourth-order valence-electron chi connectivity index (χ4n) is 1.64. The first-order valence-electron chi connectivity index (χ1n) is 5.54. The van der Waals surface area contributed by atoms with E-state index in [0.29, 0.717) is 5.01 Å². The third-order valence-corrected chi connectivity index (χ3v) is 3.49. The molecule has 0 aliphatic heterocycles. The Kier molecular flexibility index (Phi) is 3.62. The van der Waals surface area contributed by atoms with Crippen molar-refractivity contribution in [3.8, 4) is 0 Å². The van der Waals surface area contributed by atoms with Gasteiger partial charge in [0.25, 0.3) is 0 Å². The minimum Gasteiger partial charge on any atom is -0.479 e. The Labute approximate surface area is 109 Å². The van der Waals surface area contributed by atoms with Crippen LogP contribution in [0.15, 0.2) is 29.6 Å². The first-order valence-corrected chi connectivity index (χ1v) is 6.42. The van der Waals surface area contributed by atoms with Crippen molar-refractivity contribution in [3.05, 3.63) is 45.9 Å². The zero-order valence-corrected chi connectivity index (χ0v) is 11.0. The Balaban J connectivity index is 2.24. The number of anilines is 1. The SMILES string of the molecule is Cc1cccc(NC(C(=O)O)c2nc(C)cs2)c1. The van der Waals surface area contributed by atoms with E-state index in [1.165, 1.54) is 11.3 Å². The van der Waals surface area contributed by atoms with E-state index in [2.05, 4.69) is 10.3 Å². The van der Waals surface area contributed by atoms with Crippen LogP contribution in [0, 0.1) is 13.8 Å². The number of aryl methyl sites for hydroxylation is 2. The van der Waals surface area contributed by atoms with Crippen molar-refractivity contribution in [1.29, 1.82) is 0 Å². The van der Waals surface area contributed by atoms with Gasteiger partial charge in [0, 0.05) is 16.8 Å². The second-order valence-corrected chi connectivity index (χ2v) is 5.00. The number of hydrogen-bond donors (Lipinski definition) is 2. The molecule has 0 saturated carbocycles. The molecule has 2 aromatic rings. The molecule has 2 N–H and O–H groups in total. The number of hydrogen-bond acceptors (Lipinski definition) is 4. The number of aliphatic carboxylic acids is 1. The summed E-state index contributed by atoms with van der Waals surface area (Å²) in [7, 11) is 0. The van der Waals surface area contributed by atoms with Crippen molar-refractivity contribution in [2.45, 2.75) is 19.9 Å². The summed E-state index contributed by atoms with van der Waals surface area (Å²) in [4.78, 5) is 15.5. The molecule has 18 heavy (non-hydrogen) atoms. The number of thiazole rings is 1. The first kappa shape index (κ1) is 12.6. The molecule has 0 radical (unpaired) electrons. The van der Waals surface area contributed by atoms with E-state index in [4.69, 9.17) is 0 Å². The van der Waals surface area contributed by atoms with Crippen LogP contribution in [-0.2, 0) is 4.79 Å². The van der Waals surface area contributed by atoms with Crippen LogP contribution in [0.25, 0.3) is 0 Å². The fourth-order valence-corrected chi connectivity index (χ4v) is 2.47. The second kappa shape index (κ2) is 5.18. The van der Waals surface area contributed by atoms with E-state index in [1.807, 2.05) is 43.5 Å². The zero-order chi connectivity index (χ0) is 13.1. The summed E-state index contributed by atoms with van der Waals surface area (Å²) >= 11 is 1.35. The number of carbonyl (C=O) groups is 1. The number of carboxylic acids is 1. The molecule has 2 rings (SSSR count). The molecule has 5 heteroatoms. The molecule has 1 atom stereocenters. The summed E-state index contributed by atoms with van der Waals surface area (Å²) in [5, 5.41) is 14.7. The molecule has 4 nitrogen and oxygen atoms in total. The maximum atomic E-state index is 11.3. The van der Waals surface area contributed by atoms with E-state index >= 15 is 0 Å². The summed E-state index contributed by atoms with van der Waals surface area (Å²) in [6, 6.07) is 6.82. The van der Waals surface area contributed by atoms with Crippen molar-refractivity contribution < 1.29 is 9.90 Å². The topological polar surface area (TPSA) is 62.2 Å². The standard InChI is InChI=1S/C13H14N2O2S/c1-8-4-3-5-10(6-8)15-11(13(16)17)12-14-9(2)7-18-12/h3-7,11,15H,1-2H3,(H,16,17). The van der Waals surface area contributed by atoms with Crippen molar-refractivity contribution in [2.24, 2.45) is 0 Å². The third-order valence-electron chi connectivity index (χ3n) is 2.46. The lowest BCUT2D eigenvalue weighted by Gasteiger charge is -2.13. The highest BCUT2D eigenvalue weighted by atomic mass is 32.1. The van der Waals surface area contributed by atoms with Crippen LogP contribution in [0.4, 0.5) is 5.69 Å². The molecular weight excluding hydrogens is 248 g/mol. The van der Waals surface area contributed by atoms with Gasteiger partial charge in [0.05, 0.1) is 0 Å². The lowest BCUT2D eigenvalue weighted by atomic mass is 10.2. The molecule has 94 valence electrons. The van der Waals surface area contributed by atoms with Crippen molar-refractivity contribution in [3.63, 3.8) is 0 Å². The molecule has 1 unspecified atom stereocenters. The Bertz CT molecular complexity index is 566. The molecule has 0 bridgehead atoms. The maximum Gasteiger partial charge on any atom is 0.333 e. The minimum absolute atomic E-state index is 0.571. The molecule has 1 aromatic carbocycles. The van der Waals surface area contributed by atoms with E-state index in [0.717, 1.165) is 16.9 Å². The number of nitrogens with zero attached hydrogens (tertiary/aromatic N) is 1. The summed E-state index contributed by atoms with van der Waals surface area (Å²) in [5.74, 6) is -0.925. The van der Waals surface area contributed by atoms with Crippen LogP contribution in [0.5, 0.6) is 0 Å². The van der Waals surface area contributed by atoms with Crippen molar-refractivity contribution >= 4 is 23.0 Å². The van der Waals surface area contributed by atoms with Gasteiger partial charge in [-0.05, 0) is 31.5 Å². The van der Waals surface area contributed by atoms with Gasteiger partial charge in [-0.3, -0.25) is 0 Å². The van der Waals surface area contributed by atoms with Gasteiger partial charge in [-0.15, -0.1) is 11.3 Å². The van der Waals surface area contributed by atoms with Crippen LogP contribution >= 0.6 is 11.3 Å². The van der Waals surface area contributed by atoms with Crippen LogP contribution in [-0.4, -0.2) is 16.1 Å². The average molecular weight is 262 g/mol. The van der Waals surface area contributed by atoms with Crippen LogP contribution < -0.4 is 5.32 Å². The van der Waals surface area contributed by atoms with Gasteiger partial charge in [0.2, 0.25) is 0 Å². The monoisotopic (exact) mass is 262 g/mol. The highest BCUT2D eigenvalue weighted by Gasteiger charge is 2.22. The molecular formula is C13H14N2O2S. The molecule has 1 aromatic heterocycles. The van der Waals surface area contributed by atoms with Gasteiger partial charge in [0.15, 0.2) is 6.04 Å². The number of carboxylic acid groups (broad SMARTS) is 1. The predicted molar refractivity (Wildman–Crippen MR) is 72.0 cm³/mol. The first-order chi connectivity index (χ1) is 8.56. The van der Waals surface area contributed by atoms with E-state index in [9.17, 15) is 9.90 Å². The maximum absolute atomic E-state index is 11.3. The molecule has 0 spiro atoms. The second-order valence-electron chi connectivity index (χ2n) is 4.11. The predicted octanol–water partition coefficient (Wildman–Crippen LogP) is 3.00. The highest BCUT2D eigenvalue weighted by molar-refractivity contribution is 7.09. The van der Waals surface area contributed by atoms with Crippen LogP contribution in [0.2, 0.25) is 0 Å². The number of rotatable bonds is 4. The summed E-state index contributed by atoms with van der Waals surface area (Å²) in [6.45, 7) is 3.82. The summed E-state index contributed by atoms with van der Waals surface area (Å²) < 4.78 is 0. The van der Waals surface area contributed by atoms with Gasteiger partial charge in [-0.2, -0.15) is 0 Å². The van der Waals surface area contributed by atoms with Crippen molar-refractivity contribution in [2.75, 3.05) is 5.32 Å². The van der Waals surface area contributed by atoms with Gasteiger partial charge in [-0.25, -0.2) is 9.78 Å². The molecule has 0 aliphatic carbocycles. The highest BCUT2D eigenvalue weighted by Crippen LogP contribution is 2.23. The normalized spacial score (nSPS) is 12.1. The third kappa shape index (κ3) is 2.87. The number of aromatic nitrogens is 1. The van der Waals surface area contributed by atoms with E-state index < -0.39 is 12.0 Å². The summed E-state index contributed by atoms with van der Waals surface area (Å²) in [6.07, 6.45) is 0. The smallest absolute Gasteiger partial charge is 0.333 e. The number of nitrogens with one attached hydrogen (secondary N) is 1. The molecule has 0 saturated heterocycles. The van der Waals surface area contributed by atoms with E-state index in [1.54, 1.807) is 0 Å².